The molecule has 0 saturated heterocycles. The van der Waals surface area contributed by atoms with Crippen molar-refractivity contribution in [3.8, 4) is 0 Å². The molecule has 0 radical (unpaired) electrons. The highest BCUT2D eigenvalue weighted by Gasteiger charge is 2.41. The van der Waals surface area contributed by atoms with Crippen molar-refractivity contribution in [1.82, 2.24) is 10.3 Å². The molecule has 3 atom stereocenters. The number of carbonyl (C=O) groups excluding carboxylic acids is 3. The van der Waals surface area contributed by atoms with E-state index in [0.29, 0.717) is 17.2 Å². The summed E-state index contributed by atoms with van der Waals surface area (Å²) < 4.78 is 11.3. The molecule has 192 valence electrons. The Balaban J connectivity index is 1.66. The molecule has 0 bridgehead atoms. The minimum absolute atomic E-state index is 0.103. The van der Waals surface area contributed by atoms with Gasteiger partial charge in [-0.1, -0.05) is 72.4 Å². The molecule has 36 heavy (non-hydrogen) atoms. The van der Waals surface area contributed by atoms with Crippen LogP contribution in [0.25, 0.3) is 0 Å². The SMILES string of the molecule is CCOC(=O)[C@H](CCc1ccccc1)N[C@@H](C)C(=O)N1N=C(SC)S[C@H]1C(=O)OCc1ccccc1. The third-order valence-corrected chi connectivity index (χ3v) is 7.53. The lowest BCUT2D eigenvalue weighted by atomic mass is 10.0. The van der Waals surface area contributed by atoms with E-state index >= 15 is 0 Å². The van der Waals surface area contributed by atoms with E-state index in [9.17, 15) is 14.4 Å². The molecule has 2 aromatic carbocycles. The van der Waals surface area contributed by atoms with E-state index in [2.05, 4.69) is 10.4 Å². The molecule has 2 aromatic rings. The van der Waals surface area contributed by atoms with E-state index in [4.69, 9.17) is 9.47 Å². The molecule has 0 aromatic heterocycles. The van der Waals surface area contributed by atoms with Crippen LogP contribution in [0.1, 0.15) is 31.4 Å². The minimum Gasteiger partial charge on any atom is -0.465 e. The summed E-state index contributed by atoms with van der Waals surface area (Å²) in [5.74, 6) is -1.40. The Kier molecular flexibility index (Phi) is 10.8. The molecule has 0 spiro atoms. The average Bonchev–Trinajstić information content (AvgIpc) is 3.35. The number of carbonyl (C=O) groups is 3. The Hall–Kier alpha value is -2.82. The van der Waals surface area contributed by atoms with Gasteiger partial charge in [0.05, 0.1) is 12.6 Å². The van der Waals surface area contributed by atoms with E-state index in [1.165, 1.54) is 23.5 Å². The largest absolute Gasteiger partial charge is 0.465 e. The van der Waals surface area contributed by atoms with Gasteiger partial charge in [0.15, 0.2) is 4.38 Å². The summed E-state index contributed by atoms with van der Waals surface area (Å²) in [6, 6.07) is 17.7. The predicted molar refractivity (Wildman–Crippen MR) is 143 cm³/mol. The summed E-state index contributed by atoms with van der Waals surface area (Å²) in [6.07, 6.45) is 2.92. The first-order valence-corrected chi connectivity index (χ1v) is 13.8. The van der Waals surface area contributed by atoms with Gasteiger partial charge in [-0.25, -0.2) is 9.80 Å². The van der Waals surface area contributed by atoms with Crippen molar-refractivity contribution in [2.75, 3.05) is 12.9 Å². The third kappa shape index (κ3) is 7.84. The summed E-state index contributed by atoms with van der Waals surface area (Å²) in [5, 5.41) is 7.65. The van der Waals surface area contributed by atoms with Gasteiger partial charge in [0, 0.05) is 0 Å². The van der Waals surface area contributed by atoms with Crippen LogP contribution in [0.15, 0.2) is 65.8 Å². The van der Waals surface area contributed by atoms with Gasteiger partial charge < -0.3 is 9.47 Å². The van der Waals surface area contributed by atoms with Crippen molar-refractivity contribution in [3.63, 3.8) is 0 Å². The molecule has 1 N–H and O–H groups in total. The van der Waals surface area contributed by atoms with E-state index in [1.807, 2.05) is 66.9 Å². The first-order valence-electron chi connectivity index (χ1n) is 11.7. The van der Waals surface area contributed by atoms with Crippen LogP contribution in [-0.2, 0) is 36.9 Å². The first-order chi connectivity index (χ1) is 17.4. The number of benzene rings is 2. The van der Waals surface area contributed by atoms with Gasteiger partial charge >= 0.3 is 11.9 Å². The molecule has 0 fully saturated rings. The molecular weight excluding hydrogens is 498 g/mol. The zero-order valence-electron chi connectivity index (χ0n) is 20.6. The lowest BCUT2D eigenvalue weighted by molar-refractivity contribution is -0.153. The molecule has 1 aliphatic rings. The van der Waals surface area contributed by atoms with Gasteiger partial charge in [0.2, 0.25) is 5.37 Å². The number of esters is 2. The summed E-state index contributed by atoms with van der Waals surface area (Å²) in [7, 11) is 0. The lowest BCUT2D eigenvalue weighted by Crippen LogP contribution is -2.52. The smallest absolute Gasteiger partial charge is 0.342 e. The third-order valence-electron chi connectivity index (χ3n) is 5.41. The van der Waals surface area contributed by atoms with Gasteiger partial charge in [-0.3, -0.25) is 14.9 Å². The maximum Gasteiger partial charge on any atom is 0.342 e. The zero-order chi connectivity index (χ0) is 25.9. The van der Waals surface area contributed by atoms with Gasteiger partial charge in [0.25, 0.3) is 5.91 Å². The molecule has 8 nitrogen and oxygen atoms in total. The molecular formula is C26H31N3O5S2. The average molecular weight is 530 g/mol. The molecule has 3 rings (SSSR count). The summed E-state index contributed by atoms with van der Waals surface area (Å²) >= 11 is 2.52. The zero-order valence-corrected chi connectivity index (χ0v) is 22.2. The van der Waals surface area contributed by atoms with Crippen molar-refractivity contribution < 1.29 is 23.9 Å². The van der Waals surface area contributed by atoms with Crippen LogP contribution in [0.3, 0.4) is 0 Å². The second-order valence-electron chi connectivity index (χ2n) is 8.03. The van der Waals surface area contributed by atoms with Gasteiger partial charge in [-0.2, -0.15) is 5.10 Å². The van der Waals surface area contributed by atoms with Crippen molar-refractivity contribution in [2.24, 2.45) is 5.10 Å². The van der Waals surface area contributed by atoms with E-state index in [1.54, 1.807) is 13.8 Å². The Morgan fingerprint density at radius 3 is 2.31 bits per heavy atom. The van der Waals surface area contributed by atoms with Crippen molar-refractivity contribution in [3.05, 3.63) is 71.8 Å². The number of aryl methyl sites for hydroxylation is 1. The summed E-state index contributed by atoms with van der Waals surface area (Å²) in [4.78, 5) is 38.9. The number of ether oxygens (including phenoxy) is 2. The Labute approximate surface area is 220 Å². The number of hydrogen-bond donors (Lipinski definition) is 1. The number of nitrogens with one attached hydrogen (secondary N) is 1. The van der Waals surface area contributed by atoms with Gasteiger partial charge in [-0.15, -0.1) is 11.8 Å². The van der Waals surface area contributed by atoms with Gasteiger partial charge in [0.1, 0.15) is 12.6 Å². The normalized spacial score (nSPS) is 16.7. The van der Waals surface area contributed by atoms with Crippen LogP contribution in [0.2, 0.25) is 0 Å². The molecule has 1 aliphatic heterocycles. The lowest BCUT2D eigenvalue weighted by Gasteiger charge is -2.26. The highest BCUT2D eigenvalue weighted by Crippen LogP contribution is 2.32. The Morgan fingerprint density at radius 1 is 1.06 bits per heavy atom. The molecule has 10 heteroatoms. The van der Waals surface area contributed by atoms with Crippen LogP contribution in [0.4, 0.5) is 0 Å². The van der Waals surface area contributed by atoms with E-state index in [-0.39, 0.29) is 13.2 Å². The standard InChI is InChI=1S/C26H31N3O5S2/c1-4-33-24(31)21(16-15-19-11-7-5-8-12-19)27-18(2)22(30)29-23(36-26(28-29)35-3)25(32)34-17-20-13-9-6-10-14-20/h5-14,18,21,23,27H,4,15-17H2,1-3H3/t18-,21-,23-/m0/s1. The van der Waals surface area contributed by atoms with Crippen molar-refractivity contribution >= 4 is 45.7 Å². The second kappa shape index (κ2) is 14.1. The first kappa shape index (κ1) is 27.8. The van der Waals surface area contributed by atoms with E-state index in [0.717, 1.165) is 16.1 Å². The Morgan fingerprint density at radius 2 is 1.69 bits per heavy atom. The topological polar surface area (TPSA) is 97.3 Å². The van der Waals surface area contributed by atoms with Gasteiger partial charge in [-0.05, 0) is 44.1 Å². The Bertz CT molecular complexity index is 1050. The second-order valence-corrected chi connectivity index (χ2v) is 10.2. The molecule has 0 aliphatic carbocycles. The monoisotopic (exact) mass is 529 g/mol. The highest BCUT2D eigenvalue weighted by molar-refractivity contribution is 8.39. The number of hydrazone groups is 1. The van der Waals surface area contributed by atoms with Crippen LogP contribution >= 0.6 is 23.5 Å². The predicted octanol–water partition coefficient (Wildman–Crippen LogP) is 3.81. The fraction of sp³-hybridized carbons (Fsp3) is 0.385. The molecule has 0 saturated carbocycles. The van der Waals surface area contributed by atoms with Crippen molar-refractivity contribution in [1.29, 1.82) is 0 Å². The fourth-order valence-electron chi connectivity index (χ4n) is 3.55. The number of hydrogen-bond acceptors (Lipinski definition) is 9. The summed E-state index contributed by atoms with van der Waals surface area (Å²) in [6.45, 7) is 3.74. The quantitative estimate of drug-likeness (QED) is 0.439. The number of amides is 1. The fourth-order valence-corrected chi connectivity index (χ4v) is 5.12. The number of thioether (sulfide) groups is 2. The van der Waals surface area contributed by atoms with E-state index < -0.39 is 35.3 Å². The molecule has 0 unspecified atom stereocenters. The van der Waals surface area contributed by atoms with Crippen LogP contribution in [0, 0.1) is 0 Å². The minimum atomic E-state index is -0.932. The van der Waals surface area contributed by atoms with Crippen LogP contribution < -0.4 is 5.32 Å². The molecule has 1 heterocycles. The van der Waals surface area contributed by atoms with Crippen LogP contribution in [0.5, 0.6) is 0 Å². The number of rotatable bonds is 11. The van der Waals surface area contributed by atoms with Crippen molar-refractivity contribution in [2.45, 2.75) is 50.8 Å². The highest BCUT2D eigenvalue weighted by atomic mass is 32.2. The number of nitrogens with zero attached hydrogens (tertiary/aromatic N) is 2. The maximum atomic E-state index is 13.4. The van der Waals surface area contributed by atoms with Crippen LogP contribution in [-0.4, -0.2) is 57.6 Å². The maximum absolute atomic E-state index is 13.4. The molecule has 1 amide bonds. The summed E-state index contributed by atoms with van der Waals surface area (Å²) in [5.41, 5.74) is 1.93.